The summed E-state index contributed by atoms with van der Waals surface area (Å²) in [5, 5.41) is 0.00432. The predicted octanol–water partition coefficient (Wildman–Crippen LogP) is 2.19. The zero-order chi connectivity index (χ0) is 21.8. The van der Waals surface area contributed by atoms with Crippen LogP contribution in [0.2, 0.25) is 5.15 Å². The average Bonchev–Trinajstić information content (AvgIpc) is 2.71. The summed E-state index contributed by atoms with van der Waals surface area (Å²) in [4.78, 5) is 33.3. The number of hydrogen-bond acceptors (Lipinski definition) is 8. The molecule has 0 atom stereocenters. The molecule has 0 fully saturated rings. The standard InChI is InChI=1S/C17H19ClN4O6S/c1-5-28-15(23)11-8-6-7-9-12(11)29(25,26)22(3)17(24)21(2)16-19-13(18)10-14(20-16)27-4/h6-10H,5H2,1-4H3. The zero-order valence-corrected chi connectivity index (χ0v) is 17.7. The number of sulfonamides is 1. The maximum absolute atomic E-state index is 13.0. The van der Waals surface area contributed by atoms with Gasteiger partial charge in [-0.15, -0.1) is 0 Å². The van der Waals surface area contributed by atoms with E-state index >= 15 is 0 Å². The maximum atomic E-state index is 13.0. The Balaban J connectivity index is 2.41. The highest BCUT2D eigenvalue weighted by Crippen LogP contribution is 2.23. The summed E-state index contributed by atoms with van der Waals surface area (Å²) in [6, 6.07) is 5.79. The maximum Gasteiger partial charge on any atom is 0.340 e. The Morgan fingerprint density at radius 2 is 1.83 bits per heavy atom. The van der Waals surface area contributed by atoms with Crippen molar-refractivity contribution >= 4 is 39.6 Å². The average molecular weight is 443 g/mol. The van der Waals surface area contributed by atoms with Gasteiger partial charge in [0, 0.05) is 20.2 Å². The third-order valence-electron chi connectivity index (χ3n) is 3.75. The first-order valence-corrected chi connectivity index (χ1v) is 10.1. The minimum atomic E-state index is -4.39. The van der Waals surface area contributed by atoms with Gasteiger partial charge in [0.05, 0.1) is 19.3 Å². The molecule has 1 heterocycles. The molecule has 0 saturated heterocycles. The smallest absolute Gasteiger partial charge is 0.340 e. The largest absolute Gasteiger partial charge is 0.481 e. The van der Waals surface area contributed by atoms with Crippen LogP contribution >= 0.6 is 11.6 Å². The number of nitrogens with zero attached hydrogens (tertiary/aromatic N) is 4. The molecule has 0 aliphatic heterocycles. The minimum absolute atomic E-state index is 0.00432. The van der Waals surface area contributed by atoms with Crippen molar-refractivity contribution in [1.82, 2.24) is 14.3 Å². The van der Waals surface area contributed by atoms with Crippen LogP contribution in [-0.2, 0) is 14.8 Å². The van der Waals surface area contributed by atoms with Gasteiger partial charge in [0.2, 0.25) is 11.8 Å². The van der Waals surface area contributed by atoms with Crippen LogP contribution in [0.4, 0.5) is 10.7 Å². The highest BCUT2D eigenvalue weighted by atomic mass is 35.5. The van der Waals surface area contributed by atoms with Gasteiger partial charge in [-0.25, -0.2) is 27.3 Å². The molecule has 0 aliphatic rings. The molecule has 0 N–H and O–H groups in total. The summed E-state index contributed by atoms with van der Waals surface area (Å²) in [5.74, 6) is -0.887. The minimum Gasteiger partial charge on any atom is -0.481 e. The van der Waals surface area contributed by atoms with Gasteiger partial charge in [-0.05, 0) is 19.1 Å². The van der Waals surface area contributed by atoms with E-state index in [-0.39, 0.29) is 34.0 Å². The van der Waals surface area contributed by atoms with E-state index in [4.69, 9.17) is 21.1 Å². The molecule has 2 rings (SSSR count). The molecule has 10 nitrogen and oxygen atoms in total. The number of anilines is 1. The molecular formula is C17H19ClN4O6S. The number of esters is 1. The van der Waals surface area contributed by atoms with Crippen molar-refractivity contribution in [2.75, 3.05) is 32.7 Å². The lowest BCUT2D eigenvalue weighted by Crippen LogP contribution is -2.43. The lowest BCUT2D eigenvalue weighted by atomic mass is 10.2. The summed E-state index contributed by atoms with van der Waals surface area (Å²) >= 11 is 5.88. The van der Waals surface area contributed by atoms with Crippen LogP contribution < -0.4 is 9.64 Å². The molecule has 0 aliphatic carbocycles. The number of rotatable bonds is 6. The highest BCUT2D eigenvalue weighted by molar-refractivity contribution is 7.89. The van der Waals surface area contributed by atoms with Crippen molar-refractivity contribution in [2.24, 2.45) is 0 Å². The van der Waals surface area contributed by atoms with Gasteiger partial charge in [-0.3, -0.25) is 4.90 Å². The Hall–Kier alpha value is -2.92. The van der Waals surface area contributed by atoms with Crippen molar-refractivity contribution in [2.45, 2.75) is 11.8 Å². The molecular weight excluding hydrogens is 424 g/mol. The Morgan fingerprint density at radius 1 is 1.17 bits per heavy atom. The Kier molecular flexibility index (Phi) is 6.98. The van der Waals surface area contributed by atoms with Crippen molar-refractivity contribution < 1.29 is 27.5 Å². The number of carbonyl (C=O) groups is 2. The van der Waals surface area contributed by atoms with Crippen molar-refractivity contribution in [3.05, 3.63) is 41.0 Å². The number of halogens is 1. The Labute approximate surface area is 173 Å². The molecule has 12 heteroatoms. The van der Waals surface area contributed by atoms with Gasteiger partial charge >= 0.3 is 12.0 Å². The summed E-state index contributed by atoms with van der Waals surface area (Å²) in [6.45, 7) is 1.66. The van der Waals surface area contributed by atoms with Gasteiger partial charge < -0.3 is 9.47 Å². The SMILES string of the molecule is CCOC(=O)c1ccccc1S(=O)(=O)N(C)C(=O)N(C)c1nc(Cl)cc(OC)n1. The zero-order valence-electron chi connectivity index (χ0n) is 16.1. The first-order chi connectivity index (χ1) is 13.6. The second-order valence-electron chi connectivity index (χ2n) is 5.56. The number of amides is 2. The monoisotopic (exact) mass is 442 g/mol. The lowest BCUT2D eigenvalue weighted by molar-refractivity contribution is 0.0521. The lowest BCUT2D eigenvalue weighted by Gasteiger charge is -2.24. The molecule has 2 aromatic rings. The van der Waals surface area contributed by atoms with E-state index in [9.17, 15) is 18.0 Å². The van der Waals surface area contributed by atoms with Gasteiger partial charge in [-0.1, -0.05) is 23.7 Å². The number of carbonyl (C=O) groups excluding carboxylic acids is 2. The quantitative estimate of drug-likeness (QED) is 0.493. The first kappa shape index (κ1) is 22.4. The summed E-state index contributed by atoms with van der Waals surface area (Å²) in [5.41, 5.74) is -0.183. The van der Waals surface area contributed by atoms with E-state index in [0.717, 1.165) is 11.9 Å². The predicted molar refractivity (Wildman–Crippen MR) is 105 cm³/mol. The van der Waals surface area contributed by atoms with E-state index in [1.165, 1.54) is 44.5 Å². The topological polar surface area (TPSA) is 119 Å². The molecule has 1 aromatic carbocycles. The molecule has 2 amide bonds. The summed E-state index contributed by atoms with van der Waals surface area (Å²) in [6.07, 6.45) is 0. The van der Waals surface area contributed by atoms with E-state index in [1.54, 1.807) is 6.92 Å². The van der Waals surface area contributed by atoms with Crippen LogP contribution in [0, 0.1) is 0 Å². The number of ether oxygens (including phenoxy) is 2. The molecule has 0 radical (unpaired) electrons. The van der Waals surface area contributed by atoms with Crippen molar-refractivity contribution in [3.63, 3.8) is 0 Å². The van der Waals surface area contributed by atoms with Crippen molar-refractivity contribution in [3.8, 4) is 5.88 Å². The number of aromatic nitrogens is 2. The molecule has 0 unspecified atom stereocenters. The van der Waals surface area contributed by atoms with Crippen LogP contribution in [0.5, 0.6) is 5.88 Å². The highest BCUT2D eigenvalue weighted by Gasteiger charge is 2.33. The molecule has 0 spiro atoms. The van der Waals surface area contributed by atoms with Crippen molar-refractivity contribution in [1.29, 1.82) is 0 Å². The fourth-order valence-corrected chi connectivity index (χ4v) is 3.73. The number of hydrogen-bond donors (Lipinski definition) is 0. The molecule has 29 heavy (non-hydrogen) atoms. The summed E-state index contributed by atoms with van der Waals surface area (Å²) < 4.78 is 36.4. The second kappa shape index (κ2) is 9.05. The van der Waals surface area contributed by atoms with Gasteiger partial charge in [0.25, 0.3) is 10.0 Å². The molecule has 156 valence electrons. The van der Waals surface area contributed by atoms with Gasteiger partial charge in [-0.2, -0.15) is 4.98 Å². The number of urea groups is 1. The fourth-order valence-electron chi connectivity index (χ4n) is 2.26. The normalized spacial score (nSPS) is 10.9. The Morgan fingerprint density at radius 3 is 2.45 bits per heavy atom. The van der Waals surface area contributed by atoms with Gasteiger partial charge in [0.15, 0.2) is 0 Å². The van der Waals surface area contributed by atoms with Crippen LogP contribution in [0.1, 0.15) is 17.3 Å². The second-order valence-corrected chi connectivity index (χ2v) is 7.89. The van der Waals surface area contributed by atoms with E-state index in [1.807, 2.05) is 0 Å². The van der Waals surface area contributed by atoms with E-state index in [2.05, 4.69) is 9.97 Å². The fraction of sp³-hybridized carbons (Fsp3) is 0.294. The third kappa shape index (κ3) is 4.74. The van der Waals surface area contributed by atoms with Crippen LogP contribution in [0.3, 0.4) is 0 Å². The van der Waals surface area contributed by atoms with E-state index < -0.39 is 22.0 Å². The summed E-state index contributed by atoms with van der Waals surface area (Å²) in [7, 11) is -0.707. The van der Waals surface area contributed by atoms with Crippen LogP contribution in [-0.4, -0.2) is 62.5 Å². The third-order valence-corrected chi connectivity index (χ3v) is 5.73. The van der Waals surface area contributed by atoms with Gasteiger partial charge in [0.1, 0.15) is 10.0 Å². The molecule has 0 saturated carbocycles. The number of benzene rings is 1. The molecule has 0 bridgehead atoms. The Bertz CT molecular complexity index is 1030. The van der Waals surface area contributed by atoms with Crippen LogP contribution in [0.15, 0.2) is 35.2 Å². The molecule has 1 aromatic heterocycles. The van der Waals surface area contributed by atoms with E-state index in [0.29, 0.717) is 4.31 Å². The van der Waals surface area contributed by atoms with Crippen LogP contribution in [0.25, 0.3) is 0 Å². The number of methoxy groups -OCH3 is 1. The first-order valence-electron chi connectivity index (χ1n) is 8.24.